The summed E-state index contributed by atoms with van der Waals surface area (Å²) in [6, 6.07) is 10.1. The van der Waals surface area contributed by atoms with Crippen molar-refractivity contribution < 1.29 is 14.3 Å². The molecule has 20 heavy (non-hydrogen) atoms. The summed E-state index contributed by atoms with van der Waals surface area (Å²) in [7, 11) is 0. The summed E-state index contributed by atoms with van der Waals surface area (Å²) in [6.07, 6.45) is 0. The SMILES string of the molecule is N#Cc1c(F)cccc1Nc1c(N)cccc1C(=O)O. The van der Waals surface area contributed by atoms with E-state index in [0.29, 0.717) is 0 Å². The van der Waals surface area contributed by atoms with Gasteiger partial charge in [0.15, 0.2) is 0 Å². The van der Waals surface area contributed by atoms with Crippen LogP contribution in [0.5, 0.6) is 0 Å². The van der Waals surface area contributed by atoms with Crippen molar-refractivity contribution in [2.45, 2.75) is 0 Å². The Kier molecular flexibility index (Phi) is 3.53. The summed E-state index contributed by atoms with van der Waals surface area (Å²) in [5, 5.41) is 20.8. The number of benzene rings is 2. The zero-order valence-electron chi connectivity index (χ0n) is 10.2. The fourth-order valence-corrected chi connectivity index (χ4v) is 1.76. The number of nitrogens with one attached hydrogen (secondary N) is 1. The maximum absolute atomic E-state index is 13.5. The van der Waals surface area contributed by atoms with Crippen LogP contribution in [0.4, 0.5) is 21.5 Å². The van der Waals surface area contributed by atoms with Crippen molar-refractivity contribution in [1.29, 1.82) is 5.26 Å². The van der Waals surface area contributed by atoms with Gasteiger partial charge in [-0.2, -0.15) is 5.26 Å². The molecule has 0 fully saturated rings. The Morgan fingerprint density at radius 1 is 1.30 bits per heavy atom. The molecule has 0 saturated heterocycles. The van der Waals surface area contributed by atoms with Crippen LogP contribution in [0.25, 0.3) is 0 Å². The third-order valence-electron chi connectivity index (χ3n) is 2.71. The number of hydrogen-bond acceptors (Lipinski definition) is 4. The molecule has 0 bridgehead atoms. The lowest BCUT2D eigenvalue weighted by atomic mass is 10.1. The molecule has 0 aliphatic rings. The summed E-state index contributed by atoms with van der Waals surface area (Å²) in [6.45, 7) is 0. The molecule has 4 N–H and O–H groups in total. The van der Waals surface area contributed by atoms with Gasteiger partial charge in [-0.1, -0.05) is 12.1 Å². The van der Waals surface area contributed by atoms with Gasteiger partial charge in [0.25, 0.3) is 0 Å². The average molecular weight is 271 g/mol. The molecule has 0 unspecified atom stereocenters. The van der Waals surface area contributed by atoms with Crippen LogP contribution in [0.15, 0.2) is 36.4 Å². The molecule has 0 amide bonds. The second-order valence-corrected chi connectivity index (χ2v) is 3.97. The number of carboxylic acids is 1. The molecule has 6 heteroatoms. The Hall–Kier alpha value is -3.07. The number of nitrogen functional groups attached to an aromatic ring is 1. The first-order valence-electron chi connectivity index (χ1n) is 5.62. The van der Waals surface area contributed by atoms with Crippen molar-refractivity contribution in [2.24, 2.45) is 0 Å². The second-order valence-electron chi connectivity index (χ2n) is 3.97. The number of halogens is 1. The predicted molar refractivity (Wildman–Crippen MR) is 72.2 cm³/mol. The molecular weight excluding hydrogens is 261 g/mol. The quantitative estimate of drug-likeness (QED) is 0.745. The molecule has 2 rings (SSSR count). The molecule has 0 radical (unpaired) electrons. The Balaban J connectivity index is 2.54. The van der Waals surface area contributed by atoms with E-state index in [1.54, 1.807) is 6.07 Å². The van der Waals surface area contributed by atoms with Crippen molar-refractivity contribution in [3.05, 3.63) is 53.3 Å². The molecule has 0 spiro atoms. The minimum absolute atomic E-state index is 0.0573. The topological polar surface area (TPSA) is 99.1 Å². The third-order valence-corrected chi connectivity index (χ3v) is 2.71. The number of aromatic carboxylic acids is 1. The molecule has 0 aliphatic carbocycles. The average Bonchev–Trinajstić information content (AvgIpc) is 2.41. The summed E-state index contributed by atoms with van der Waals surface area (Å²) in [5.41, 5.74) is 5.95. The van der Waals surface area contributed by atoms with Crippen molar-refractivity contribution in [3.8, 4) is 6.07 Å². The summed E-state index contributed by atoms with van der Waals surface area (Å²) in [5.74, 6) is -1.86. The minimum atomic E-state index is -1.17. The molecule has 0 atom stereocenters. The van der Waals surface area contributed by atoms with E-state index in [-0.39, 0.29) is 28.2 Å². The molecule has 0 heterocycles. The van der Waals surface area contributed by atoms with Gasteiger partial charge in [-0.25, -0.2) is 9.18 Å². The molecular formula is C14H10FN3O2. The van der Waals surface area contributed by atoms with Crippen LogP contribution in [0.2, 0.25) is 0 Å². The molecule has 100 valence electrons. The van der Waals surface area contributed by atoms with Gasteiger partial charge in [-0.15, -0.1) is 0 Å². The van der Waals surface area contributed by atoms with Crippen molar-refractivity contribution in [1.82, 2.24) is 0 Å². The van der Waals surface area contributed by atoms with E-state index in [2.05, 4.69) is 5.32 Å². The largest absolute Gasteiger partial charge is 0.478 e. The summed E-state index contributed by atoms with van der Waals surface area (Å²) < 4.78 is 13.5. The van der Waals surface area contributed by atoms with E-state index in [0.717, 1.165) is 6.07 Å². The smallest absolute Gasteiger partial charge is 0.337 e. The number of rotatable bonds is 3. The van der Waals surface area contributed by atoms with E-state index in [4.69, 9.17) is 16.1 Å². The lowest BCUT2D eigenvalue weighted by Gasteiger charge is -2.13. The zero-order valence-corrected chi connectivity index (χ0v) is 10.2. The molecule has 0 aliphatic heterocycles. The van der Waals surface area contributed by atoms with Crippen LogP contribution in [0.3, 0.4) is 0 Å². The van der Waals surface area contributed by atoms with E-state index in [1.165, 1.54) is 30.3 Å². The Labute approximate surface area is 114 Å². The summed E-state index contributed by atoms with van der Waals surface area (Å²) in [4.78, 5) is 11.2. The maximum Gasteiger partial charge on any atom is 0.337 e. The van der Waals surface area contributed by atoms with E-state index in [9.17, 15) is 9.18 Å². The van der Waals surface area contributed by atoms with Gasteiger partial charge < -0.3 is 16.2 Å². The lowest BCUT2D eigenvalue weighted by molar-refractivity contribution is 0.0698. The number of carboxylic acid groups (broad SMARTS) is 1. The molecule has 0 saturated carbocycles. The van der Waals surface area contributed by atoms with Gasteiger partial charge in [-0.05, 0) is 24.3 Å². The maximum atomic E-state index is 13.5. The van der Waals surface area contributed by atoms with Crippen LogP contribution in [-0.2, 0) is 0 Å². The normalized spacial score (nSPS) is 9.80. The number of hydrogen-bond donors (Lipinski definition) is 3. The van der Waals surface area contributed by atoms with E-state index < -0.39 is 11.8 Å². The van der Waals surface area contributed by atoms with Crippen LogP contribution < -0.4 is 11.1 Å². The number of para-hydroxylation sites is 1. The minimum Gasteiger partial charge on any atom is -0.478 e. The Bertz CT molecular complexity index is 723. The van der Waals surface area contributed by atoms with Gasteiger partial charge in [0.1, 0.15) is 17.4 Å². The number of anilines is 3. The van der Waals surface area contributed by atoms with E-state index >= 15 is 0 Å². The fraction of sp³-hybridized carbons (Fsp3) is 0. The van der Waals surface area contributed by atoms with Crippen LogP contribution >= 0.6 is 0 Å². The zero-order chi connectivity index (χ0) is 14.7. The molecule has 2 aromatic carbocycles. The predicted octanol–water partition coefficient (Wildman–Crippen LogP) is 2.72. The Morgan fingerprint density at radius 3 is 2.65 bits per heavy atom. The number of nitriles is 1. The van der Waals surface area contributed by atoms with Crippen LogP contribution in [0.1, 0.15) is 15.9 Å². The van der Waals surface area contributed by atoms with Gasteiger partial charge in [-0.3, -0.25) is 0 Å². The van der Waals surface area contributed by atoms with Crippen LogP contribution in [-0.4, -0.2) is 11.1 Å². The van der Waals surface area contributed by atoms with Gasteiger partial charge in [0.2, 0.25) is 0 Å². The van der Waals surface area contributed by atoms with Gasteiger partial charge >= 0.3 is 5.97 Å². The monoisotopic (exact) mass is 271 g/mol. The summed E-state index contributed by atoms with van der Waals surface area (Å²) >= 11 is 0. The highest BCUT2D eigenvalue weighted by molar-refractivity contribution is 5.99. The first kappa shape index (κ1) is 13.4. The first-order chi connectivity index (χ1) is 9.54. The third kappa shape index (κ3) is 2.37. The number of carbonyl (C=O) groups is 1. The highest BCUT2D eigenvalue weighted by Gasteiger charge is 2.15. The fourth-order valence-electron chi connectivity index (χ4n) is 1.76. The lowest BCUT2D eigenvalue weighted by Crippen LogP contribution is -2.06. The number of nitrogens with zero attached hydrogens (tertiary/aromatic N) is 1. The molecule has 5 nitrogen and oxygen atoms in total. The number of nitrogens with two attached hydrogens (primary N) is 1. The van der Waals surface area contributed by atoms with E-state index in [1.807, 2.05) is 0 Å². The highest BCUT2D eigenvalue weighted by Crippen LogP contribution is 2.29. The second kappa shape index (κ2) is 5.28. The molecule has 0 aromatic heterocycles. The van der Waals surface area contributed by atoms with Crippen LogP contribution in [0, 0.1) is 17.1 Å². The van der Waals surface area contributed by atoms with Gasteiger partial charge in [0.05, 0.1) is 22.6 Å². The Morgan fingerprint density at radius 2 is 2.00 bits per heavy atom. The van der Waals surface area contributed by atoms with Crippen molar-refractivity contribution >= 4 is 23.0 Å². The molecule has 2 aromatic rings. The van der Waals surface area contributed by atoms with Crippen molar-refractivity contribution in [3.63, 3.8) is 0 Å². The first-order valence-corrected chi connectivity index (χ1v) is 5.62. The highest BCUT2D eigenvalue weighted by atomic mass is 19.1. The van der Waals surface area contributed by atoms with Crippen molar-refractivity contribution in [2.75, 3.05) is 11.1 Å². The standard InChI is InChI=1S/C14H10FN3O2/c15-10-4-2-6-12(9(10)7-16)18-13-8(14(19)20)3-1-5-11(13)17/h1-6,18H,17H2,(H,19,20). The van der Waals surface area contributed by atoms with Gasteiger partial charge in [0, 0.05) is 0 Å².